The van der Waals surface area contributed by atoms with Crippen LogP contribution in [0.4, 0.5) is 11.4 Å². The Hall–Kier alpha value is -3.06. The van der Waals surface area contributed by atoms with Crippen LogP contribution in [-0.4, -0.2) is 51.7 Å². The Morgan fingerprint density at radius 3 is 2.50 bits per heavy atom. The van der Waals surface area contributed by atoms with Crippen LogP contribution >= 0.6 is 0 Å². The van der Waals surface area contributed by atoms with Gasteiger partial charge in [0.15, 0.2) is 18.0 Å². The van der Waals surface area contributed by atoms with E-state index in [2.05, 4.69) is 5.32 Å². The lowest BCUT2D eigenvalue weighted by molar-refractivity contribution is -0.870. The molecule has 3 rings (SSSR count). The molecule has 0 radical (unpaired) electrons. The summed E-state index contributed by atoms with van der Waals surface area (Å²) in [5, 5.41) is 2.89. The number of carbonyl (C=O) groups excluding carboxylic acids is 2. The van der Waals surface area contributed by atoms with Crippen molar-refractivity contribution in [3.63, 3.8) is 0 Å². The van der Waals surface area contributed by atoms with E-state index in [4.69, 9.17) is 9.47 Å². The molecule has 0 aromatic heterocycles. The minimum absolute atomic E-state index is 0.0767. The molecule has 1 heterocycles. The average molecular weight is 413 g/mol. The Balaban J connectivity index is 1.69. The van der Waals surface area contributed by atoms with E-state index in [0.717, 1.165) is 29.1 Å². The molecule has 2 aromatic rings. The van der Waals surface area contributed by atoms with E-state index in [1.807, 2.05) is 49.5 Å². The van der Waals surface area contributed by atoms with Crippen LogP contribution in [0.15, 0.2) is 42.5 Å². The van der Waals surface area contributed by atoms with Crippen molar-refractivity contribution >= 4 is 23.2 Å². The van der Waals surface area contributed by atoms with Gasteiger partial charge < -0.3 is 19.7 Å². The fourth-order valence-corrected chi connectivity index (χ4v) is 3.72. The van der Waals surface area contributed by atoms with Crippen LogP contribution in [0.1, 0.15) is 19.4 Å². The summed E-state index contributed by atoms with van der Waals surface area (Å²) in [4.78, 5) is 28.5. The number of anilines is 2. The maximum absolute atomic E-state index is 13.2. The third-order valence-electron chi connectivity index (χ3n) is 5.50. The Kier molecular flexibility index (Phi) is 6.31. The zero-order valence-electron chi connectivity index (χ0n) is 18.2. The van der Waals surface area contributed by atoms with Gasteiger partial charge in [0.25, 0.3) is 5.91 Å². The number of likely N-dealkylation sites (N-methyl/N-ethyl adjacent to an activating group) is 1. The van der Waals surface area contributed by atoms with E-state index >= 15 is 0 Å². The van der Waals surface area contributed by atoms with Crippen LogP contribution in [-0.2, 0) is 16.0 Å². The van der Waals surface area contributed by atoms with Crippen molar-refractivity contribution in [3.05, 3.63) is 48.0 Å². The van der Waals surface area contributed by atoms with Gasteiger partial charge >= 0.3 is 0 Å². The predicted octanol–water partition coefficient (Wildman–Crippen LogP) is 1.52. The lowest BCUT2D eigenvalue weighted by atomic mass is 9.96. The van der Waals surface area contributed by atoms with E-state index in [-0.39, 0.29) is 11.8 Å². The van der Waals surface area contributed by atoms with Crippen LogP contribution in [0.2, 0.25) is 0 Å². The second-order valence-corrected chi connectivity index (χ2v) is 8.08. The van der Waals surface area contributed by atoms with Gasteiger partial charge in [-0.3, -0.25) is 14.5 Å². The van der Waals surface area contributed by atoms with Gasteiger partial charge in [-0.15, -0.1) is 0 Å². The molecule has 0 bridgehead atoms. The Bertz CT molecular complexity index is 942. The van der Waals surface area contributed by atoms with Crippen molar-refractivity contribution in [3.8, 4) is 11.5 Å². The Morgan fingerprint density at radius 2 is 1.80 bits per heavy atom. The normalized spacial score (nSPS) is 15.8. The first-order valence-electron chi connectivity index (χ1n) is 10.0. The van der Waals surface area contributed by atoms with Gasteiger partial charge in [0.2, 0.25) is 5.91 Å². The maximum atomic E-state index is 13.2. The molecular weight excluding hydrogens is 382 g/mol. The van der Waals surface area contributed by atoms with E-state index in [1.165, 1.54) is 0 Å². The molecule has 0 fully saturated rings. The van der Waals surface area contributed by atoms with Crippen molar-refractivity contribution in [2.45, 2.75) is 25.8 Å². The Morgan fingerprint density at radius 1 is 1.10 bits per heavy atom. The van der Waals surface area contributed by atoms with Gasteiger partial charge in [-0.05, 0) is 43.7 Å². The largest absolute Gasteiger partial charge is 0.493 e. The van der Waals surface area contributed by atoms with E-state index in [1.54, 1.807) is 33.0 Å². The summed E-state index contributed by atoms with van der Waals surface area (Å²) in [6, 6.07) is 13.3. The van der Waals surface area contributed by atoms with Crippen LogP contribution in [0, 0.1) is 0 Å². The molecule has 1 aliphatic heterocycles. The van der Waals surface area contributed by atoms with Gasteiger partial charge in [0.05, 0.1) is 39.2 Å². The summed E-state index contributed by atoms with van der Waals surface area (Å²) in [6.45, 7) is 4.60. The number of amides is 2. The first-order valence-corrected chi connectivity index (χ1v) is 10.0. The molecule has 7 nitrogen and oxygen atoms in total. The van der Waals surface area contributed by atoms with Gasteiger partial charge in [-0.2, -0.15) is 0 Å². The zero-order chi connectivity index (χ0) is 21.9. The number of ether oxygens (including phenoxy) is 2. The summed E-state index contributed by atoms with van der Waals surface area (Å²) in [5.74, 6) is 1.13. The third kappa shape index (κ3) is 4.26. The van der Waals surface area contributed by atoms with Crippen molar-refractivity contribution in [1.29, 1.82) is 0 Å². The highest BCUT2D eigenvalue weighted by atomic mass is 16.5. The quantitative estimate of drug-likeness (QED) is 0.724. The standard InChI is InChI=1S/C23H29N3O4/c1-23(2)22(28)24-17-8-6-7-9-18(17)26(23)21(27)15-25(3)13-12-16-10-11-19(29-4)20(14-16)30-5/h6-11,14H,12-13,15H2,1-5H3,(H,24,28)/p+1. The summed E-state index contributed by atoms with van der Waals surface area (Å²) in [6.07, 6.45) is 0.792. The van der Waals surface area contributed by atoms with Gasteiger partial charge in [0.1, 0.15) is 5.54 Å². The maximum Gasteiger partial charge on any atom is 0.283 e. The topological polar surface area (TPSA) is 72.3 Å². The number of quaternary nitrogens is 1. The van der Waals surface area contributed by atoms with Crippen LogP contribution in [0.5, 0.6) is 11.5 Å². The number of nitrogens with zero attached hydrogens (tertiary/aromatic N) is 1. The van der Waals surface area contributed by atoms with Crippen molar-refractivity contribution in [2.24, 2.45) is 0 Å². The fraction of sp³-hybridized carbons (Fsp3) is 0.391. The number of hydrogen-bond acceptors (Lipinski definition) is 4. The summed E-state index contributed by atoms with van der Waals surface area (Å²) in [7, 11) is 5.22. The molecule has 2 aromatic carbocycles. The minimum Gasteiger partial charge on any atom is -0.493 e. The molecule has 1 unspecified atom stereocenters. The second kappa shape index (κ2) is 8.75. The lowest BCUT2D eigenvalue weighted by Crippen LogP contribution is -3.10. The highest BCUT2D eigenvalue weighted by Gasteiger charge is 2.44. The number of benzene rings is 2. The van der Waals surface area contributed by atoms with Crippen LogP contribution in [0.25, 0.3) is 0 Å². The fourth-order valence-electron chi connectivity index (χ4n) is 3.72. The zero-order valence-corrected chi connectivity index (χ0v) is 18.2. The molecule has 1 aliphatic rings. The lowest BCUT2D eigenvalue weighted by Gasteiger charge is -2.42. The molecule has 0 saturated heterocycles. The van der Waals surface area contributed by atoms with Gasteiger partial charge in [0, 0.05) is 6.42 Å². The van der Waals surface area contributed by atoms with E-state index in [0.29, 0.717) is 23.7 Å². The van der Waals surface area contributed by atoms with E-state index < -0.39 is 5.54 Å². The van der Waals surface area contributed by atoms with E-state index in [9.17, 15) is 9.59 Å². The monoisotopic (exact) mass is 412 g/mol. The van der Waals surface area contributed by atoms with Crippen LogP contribution < -0.4 is 24.6 Å². The SMILES string of the molecule is COc1ccc(CC[NH+](C)CC(=O)N2c3ccccc3NC(=O)C2(C)C)cc1OC. The number of nitrogens with one attached hydrogen (secondary N) is 2. The molecule has 0 saturated carbocycles. The van der Waals surface area contributed by atoms with Crippen LogP contribution in [0.3, 0.4) is 0 Å². The summed E-state index contributed by atoms with van der Waals surface area (Å²) < 4.78 is 10.6. The first kappa shape index (κ1) is 21.6. The molecule has 7 heteroatoms. The number of para-hydroxylation sites is 2. The third-order valence-corrected chi connectivity index (χ3v) is 5.50. The summed E-state index contributed by atoms with van der Waals surface area (Å²) >= 11 is 0. The smallest absolute Gasteiger partial charge is 0.283 e. The summed E-state index contributed by atoms with van der Waals surface area (Å²) in [5.41, 5.74) is 1.56. The second-order valence-electron chi connectivity index (χ2n) is 8.08. The highest BCUT2D eigenvalue weighted by Crippen LogP contribution is 2.36. The minimum atomic E-state index is -0.949. The molecular formula is C23H30N3O4+. The van der Waals surface area contributed by atoms with Gasteiger partial charge in [-0.25, -0.2) is 0 Å². The molecule has 0 spiro atoms. The molecule has 160 valence electrons. The molecule has 0 aliphatic carbocycles. The van der Waals surface area contributed by atoms with Crippen molar-refractivity contribution in [2.75, 3.05) is 44.6 Å². The Labute approximate surface area is 177 Å². The van der Waals surface area contributed by atoms with Crippen molar-refractivity contribution in [1.82, 2.24) is 0 Å². The number of hydrogen-bond donors (Lipinski definition) is 2. The molecule has 2 N–H and O–H groups in total. The molecule has 2 amide bonds. The highest BCUT2D eigenvalue weighted by molar-refractivity contribution is 6.14. The first-order chi connectivity index (χ1) is 14.3. The predicted molar refractivity (Wildman–Crippen MR) is 117 cm³/mol. The van der Waals surface area contributed by atoms with Gasteiger partial charge in [-0.1, -0.05) is 18.2 Å². The number of fused-ring (bicyclic) bond motifs is 1. The van der Waals surface area contributed by atoms with Crippen molar-refractivity contribution < 1.29 is 24.0 Å². The molecule has 30 heavy (non-hydrogen) atoms. The number of methoxy groups -OCH3 is 2. The molecule has 1 atom stereocenters. The number of rotatable bonds is 7. The average Bonchev–Trinajstić information content (AvgIpc) is 2.72. The number of carbonyl (C=O) groups is 2.